The summed E-state index contributed by atoms with van der Waals surface area (Å²) in [7, 11) is -3.81. The van der Waals surface area contributed by atoms with Gasteiger partial charge in [-0.25, -0.2) is 8.42 Å². The van der Waals surface area contributed by atoms with Crippen molar-refractivity contribution in [2.75, 3.05) is 13.1 Å². The smallest absolute Gasteiger partial charge is 0.207 e. The standard InChI is InChI=1S/C35H32N4O2S2/c36-38-37-23-22-32-25-33(26-39(32)43(40,41)34-21-20-27-12-10-11-13-28(27)24-34)42-35(29-14-4-1-5-15-29,30-16-6-2-7-17-30)31-18-8-3-9-19-31/h1-21,24,32-33H,22-23,25-26H2/t32-,33-/m1/s1. The molecule has 8 heteroatoms. The summed E-state index contributed by atoms with van der Waals surface area (Å²) in [6.07, 6.45) is 1.11. The first-order valence-corrected chi connectivity index (χ1v) is 16.7. The minimum Gasteiger partial charge on any atom is -0.207 e. The number of hydrogen-bond donors (Lipinski definition) is 0. The zero-order valence-electron chi connectivity index (χ0n) is 23.6. The lowest BCUT2D eigenvalue weighted by Crippen LogP contribution is -2.36. The number of hydrogen-bond acceptors (Lipinski definition) is 4. The monoisotopic (exact) mass is 604 g/mol. The first-order chi connectivity index (χ1) is 21.0. The molecule has 1 saturated heterocycles. The molecule has 5 aromatic carbocycles. The highest BCUT2D eigenvalue weighted by Crippen LogP contribution is 2.52. The van der Waals surface area contributed by atoms with Crippen LogP contribution in [0.1, 0.15) is 29.5 Å². The maximum Gasteiger partial charge on any atom is 0.243 e. The predicted octanol–water partition coefficient (Wildman–Crippen LogP) is 8.40. The SMILES string of the molecule is [N-]=[N+]=NCC[C@@H]1C[C@@H](SC(c2ccccc2)(c2ccccc2)c2ccccc2)CN1S(=O)(=O)c1ccc2ccccc2c1. The van der Waals surface area contributed by atoms with Gasteiger partial charge in [0, 0.05) is 29.3 Å². The van der Waals surface area contributed by atoms with Gasteiger partial charge in [-0.2, -0.15) is 4.31 Å². The van der Waals surface area contributed by atoms with E-state index in [1.807, 2.05) is 60.3 Å². The Morgan fingerprint density at radius 1 is 0.767 bits per heavy atom. The molecule has 0 saturated carbocycles. The lowest BCUT2D eigenvalue weighted by atomic mass is 9.84. The Morgan fingerprint density at radius 2 is 1.30 bits per heavy atom. The van der Waals surface area contributed by atoms with E-state index in [-0.39, 0.29) is 22.7 Å². The van der Waals surface area contributed by atoms with Crippen LogP contribution in [0.5, 0.6) is 0 Å². The zero-order valence-corrected chi connectivity index (χ0v) is 25.2. The molecule has 1 aliphatic rings. The van der Waals surface area contributed by atoms with Gasteiger partial charge in [0.25, 0.3) is 0 Å². The number of fused-ring (bicyclic) bond motifs is 1. The van der Waals surface area contributed by atoms with Crippen molar-refractivity contribution >= 4 is 32.6 Å². The van der Waals surface area contributed by atoms with Gasteiger partial charge < -0.3 is 0 Å². The molecule has 0 N–H and O–H groups in total. The number of azide groups is 1. The topological polar surface area (TPSA) is 86.1 Å². The molecule has 2 atom stereocenters. The molecule has 0 radical (unpaired) electrons. The molecule has 1 fully saturated rings. The van der Waals surface area contributed by atoms with Crippen LogP contribution in [0.3, 0.4) is 0 Å². The van der Waals surface area contributed by atoms with E-state index in [1.54, 1.807) is 16.4 Å². The van der Waals surface area contributed by atoms with Crippen molar-refractivity contribution in [1.29, 1.82) is 0 Å². The summed E-state index contributed by atoms with van der Waals surface area (Å²) in [5, 5.41) is 5.62. The van der Waals surface area contributed by atoms with Crippen molar-refractivity contribution in [2.24, 2.45) is 5.11 Å². The van der Waals surface area contributed by atoms with Crippen LogP contribution < -0.4 is 0 Å². The molecule has 0 unspecified atom stereocenters. The second-order valence-electron chi connectivity index (χ2n) is 10.7. The Morgan fingerprint density at radius 3 is 1.86 bits per heavy atom. The summed E-state index contributed by atoms with van der Waals surface area (Å²) in [6.45, 7) is 0.596. The molecule has 0 bridgehead atoms. The molecule has 0 aromatic heterocycles. The number of nitrogens with zero attached hydrogens (tertiary/aromatic N) is 4. The Bertz CT molecular complexity index is 1750. The molecule has 0 spiro atoms. The third-order valence-corrected chi connectivity index (χ3v) is 11.8. The lowest BCUT2D eigenvalue weighted by Gasteiger charge is -2.37. The Labute approximate surface area is 257 Å². The van der Waals surface area contributed by atoms with Gasteiger partial charge in [0.15, 0.2) is 0 Å². The average molecular weight is 605 g/mol. The fourth-order valence-corrected chi connectivity index (χ4v) is 9.89. The molecule has 6 nitrogen and oxygen atoms in total. The van der Waals surface area contributed by atoms with Gasteiger partial charge in [0.05, 0.1) is 9.64 Å². The molecule has 5 aromatic rings. The first-order valence-electron chi connectivity index (χ1n) is 14.4. The number of thioether (sulfide) groups is 1. The van der Waals surface area contributed by atoms with E-state index >= 15 is 0 Å². The highest BCUT2D eigenvalue weighted by molar-refractivity contribution is 8.01. The van der Waals surface area contributed by atoms with Gasteiger partial charge >= 0.3 is 0 Å². The maximum absolute atomic E-state index is 14.3. The zero-order chi connectivity index (χ0) is 29.7. The van der Waals surface area contributed by atoms with Crippen LogP contribution in [-0.2, 0) is 14.8 Å². The van der Waals surface area contributed by atoms with Crippen LogP contribution >= 0.6 is 11.8 Å². The summed E-state index contributed by atoms with van der Waals surface area (Å²) in [5.74, 6) is 0. The number of benzene rings is 5. The summed E-state index contributed by atoms with van der Waals surface area (Å²) >= 11 is 1.81. The van der Waals surface area contributed by atoms with E-state index in [4.69, 9.17) is 5.53 Å². The third kappa shape index (κ3) is 5.79. The summed E-state index contributed by atoms with van der Waals surface area (Å²) in [6, 6.07) is 44.2. The van der Waals surface area contributed by atoms with E-state index < -0.39 is 14.8 Å². The van der Waals surface area contributed by atoms with Gasteiger partial charge in [0.2, 0.25) is 10.0 Å². The van der Waals surface area contributed by atoms with Gasteiger partial charge in [-0.15, -0.1) is 11.8 Å². The second-order valence-corrected chi connectivity index (χ2v) is 14.1. The molecule has 1 aliphatic heterocycles. The van der Waals surface area contributed by atoms with Crippen molar-refractivity contribution in [3.8, 4) is 0 Å². The third-order valence-electron chi connectivity index (χ3n) is 8.16. The van der Waals surface area contributed by atoms with Crippen LogP contribution in [-0.4, -0.2) is 37.1 Å². The number of rotatable bonds is 10. The van der Waals surface area contributed by atoms with Crippen LogP contribution in [0.15, 0.2) is 143 Å². The highest BCUT2D eigenvalue weighted by Gasteiger charge is 2.46. The molecular formula is C35H32N4O2S2. The van der Waals surface area contributed by atoms with Crippen molar-refractivity contribution < 1.29 is 8.42 Å². The van der Waals surface area contributed by atoms with Crippen molar-refractivity contribution in [3.05, 3.63) is 161 Å². The Balaban J connectivity index is 1.42. The molecule has 43 heavy (non-hydrogen) atoms. The minimum absolute atomic E-state index is 0.0214. The van der Waals surface area contributed by atoms with E-state index in [1.165, 1.54) is 0 Å². The molecule has 1 heterocycles. The molecule has 6 rings (SSSR count). The van der Waals surface area contributed by atoms with E-state index in [9.17, 15) is 8.42 Å². The Hall–Kier alpha value is -4.07. The van der Waals surface area contributed by atoms with E-state index in [0.29, 0.717) is 19.4 Å². The summed E-state index contributed by atoms with van der Waals surface area (Å²) in [4.78, 5) is 3.21. The summed E-state index contributed by atoms with van der Waals surface area (Å²) < 4.78 is 29.6. The van der Waals surface area contributed by atoms with Crippen molar-refractivity contribution in [3.63, 3.8) is 0 Å². The predicted molar refractivity (Wildman–Crippen MR) is 175 cm³/mol. The summed E-state index contributed by atoms with van der Waals surface area (Å²) in [5.41, 5.74) is 12.4. The van der Waals surface area contributed by atoms with Gasteiger partial charge in [-0.3, -0.25) is 0 Å². The van der Waals surface area contributed by atoms with Gasteiger partial charge in [-0.1, -0.05) is 126 Å². The van der Waals surface area contributed by atoms with Gasteiger partial charge in [0.1, 0.15) is 0 Å². The first kappa shape index (κ1) is 29.0. The minimum atomic E-state index is -3.81. The highest BCUT2D eigenvalue weighted by atomic mass is 32.2. The van der Waals surface area contributed by atoms with E-state index in [0.717, 1.165) is 27.5 Å². The normalized spacial score (nSPS) is 17.5. The fourth-order valence-electron chi connectivity index (χ4n) is 6.17. The van der Waals surface area contributed by atoms with E-state index in [2.05, 4.69) is 82.8 Å². The molecule has 0 amide bonds. The molecule has 216 valence electrons. The van der Waals surface area contributed by atoms with Crippen LogP contribution in [0.2, 0.25) is 0 Å². The quantitative estimate of drug-likeness (QED) is 0.0694. The largest absolute Gasteiger partial charge is 0.243 e. The number of sulfonamides is 1. The molecule has 0 aliphatic carbocycles. The maximum atomic E-state index is 14.3. The molecular weight excluding hydrogens is 573 g/mol. The second kappa shape index (κ2) is 12.7. The van der Waals surface area contributed by atoms with Crippen molar-refractivity contribution in [1.82, 2.24) is 4.31 Å². The van der Waals surface area contributed by atoms with Crippen LogP contribution in [0, 0.1) is 0 Å². The fraction of sp³-hybridized carbons (Fsp3) is 0.200. The Kier molecular flexibility index (Phi) is 8.54. The van der Waals surface area contributed by atoms with Crippen LogP contribution in [0.25, 0.3) is 21.2 Å². The van der Waals surface area contributed by atoms with Crippen LogP contribution in [0.4, 0.5) is 0 Å². The lowest BCUT2D eigenvalue weighted by molar-refractivity contribution is 0.374. The van der Waals surface area contributed by atoms with Gasteiger partial charge in [-0.05, 0) is 58.0 Å². The van der Waals surface area contributed by atoms with Crippen molar-refractivity contribution in [2.45, 2.75) is 33.8 Å². The average Bonchev–Trinajstić information content (AvgIpc) is 3.48.